The van der Waals surface area contributed by atoms with E-state index in [-0.39, 0.29) is 12.2 Å². The van der Waals surface area contributed by atoms with Gasteiger partial charge in [0.25, 0.3) is 0 Å². The van der Waals surface area contributed by atoms with Crippen LogP contribution in [0, 0.1) is 6.92 Å². The van der Waals surface area contributed by atoms with Crippen molar-refractivity contribution >= 4 is 6.09 Å². The Bertz CT molecular complexity index is 717. The SMILES string of the molecule is CCN1CC[C@@H](CN(Cc2ccccc2)Cc2ccccc2C)OC1=O. The van der Waals surface area contributed by atoms with E-state index in [2.05, 4.69) is 60.4 Å². The van der Waals surface area contributed by atoms with E-state index in [1.54, 1.807) is 4.90 Å². The molecule has 1 atom stereocenters. The average Bonchev–Trinajstić information content (AvgIpc) is 2.64. The Morgan fingerprint density at radius 2 is 1.81 bits per heavy atom. The van der Waals surface area contributed by atoms with Crippen LogP contribution in [0.25, 0.3) is 0 Å². The second-order valence-electron chi connectivity index (χ2n) is 6.96. The molecule has 138 valence electrons. The van der Waals surface area contributed by atoms with Gasteiger partial charge >= 0.3 is 6.09 Å². The normalized spacial score (nSPS) is 17.4. The van der Waals surface area contributed by atoms with E-state index in [9.17, 15) is 4.79 Å². The Hall–Kier alpha value is -2.33. The summed E-state index contributed by atoms with van der Waals surface area (Å²) in [4.78, 5) is 16.2. The number of hydrogen-bond donors (Lipinski definition) is 0. The van der Waals surface area contributed by atoms with Crippen molar-refractivity contribution in [3.63, 3.8) is 0 Å². The molecular formula is C22H28N2O2. The lowest BCUT2D eigenvalue weighted by molar-refractivity contribution is 0.00719. The summed E-state index contributed by atoms with van der Waals surface area (Å²) in [5.41, 5.74) is 3.89. The summed E-state index contributed by atoms with van der Waals surface area (Å²) >= 11 is 0. The van der Waals surface area contributed by atoms with Crippen molar-refractivity contribution in [3.8, 4) is 0 Å². The molecule has 1 heterocycles. The smallest absolute Gasteiger partial charge is 0.410 e. The molecule has 2 aromatic rings. The van der Waals surface area contributed by atoms with Gasteiger partial charge in [0.1, 0.15) is 6.10 Å². The summed E-state index contributed by atoms with van der Waals surface area (Å²) in [6.45, 7) is 8.09. The first-order valence-electron chi connectivity index (χ1n) is 9.42. The van der Waals surface area contributed by atoms with Crippen LogP contribution in [0.5, 0.6) is 0 Å². The fourth-order valence-electron chi connectivity index (χ4n) is 3.43. The van der Waals surface area contributed by atoms with Crippen LogP contribution in [0.2, 0.25) is 0 Å². The molecule has 0 aromatic heterocycles. The van der Waals surface area contributed by atoms with Gasteiger partial charge in [-0.3, -0.25) is 4.90 Å². The summed E-state index contributed by atoms with van der Waals surface area (Å²) in [6.07, 6.45) is 0.663. The third-order valence-electron chi connectivity index (χ3n) is 4.99. The Labute approximate surface area is 156 Å². The first-order chi connectivity index (χ1) is 12.7. The minimum atomic E-state index is -0.181. The number of cyclic esters (lactones) is 1. The molecule has 0 unspecified atom stereocenters. The first kappa shape index (κ1) is 18.5. The lowest BCUT2D eigenvalue weighted by atomic mass is 10.1. The van der Waals surface area contributed by atoms with E-state index in [4.69, 9.17) is 4.74 Å². The zero-order valence-electron chi connectivity index (χ0n) is 15.7. The van der Waals surface area contributed by atoms with E-state index in [0.29, 0.717) is 6.54 Å². The van der Waals surface area contributed by atoms with E-state index >= 15 is 0 Å². The Kier molecular flexibility index (Phi) is 6.29. The van der Waals surface area contributed by atoms with Crippen LogP contribution in [0.3, 0.4) is 0 Å². The quantitative estimate of drug-likeness (QED) is 0.748. The number of aryl methyl sites for hydroxylation is 1. The lowest BCUT2D eigenvalue weighted by Gasteiger charge is -2.34. The number of amides is 1. The van der Waals surface area contributed by atoms with Crippen LogP contribution in [0.15, 0.2) is 54.6 Å². The molecule has 1 fully saturated rings. The molecule has 1 amide bonds. The third kappa shape index (κ3) is 4.85. The van der Waals surface area contributed by atoms with Gasteiger partial charge in [-0.25, -0.2) is 4.79 Å². The summed E-state index contributed by atoms with van der Waals surface area (Å²) < 4.78 is 5.67. The molecule has 3 rings (SSSR count). The number of hydrogen-bond acceptors (Lipinski definition) is 3. The number of ether oxygens (including phenoxy) is 1. The summed E-state index contributed by atoms with van der Waals surface area (Å²) in [7, 11) is 0. The van der Waals surface area contributed by atoms with Gasteiger partial charge in [-0.15, -0.1) is 0 Å². The minimum absolute atomic E-state index is 0.0435. The standard InChI is InChI=1S/C22H28N2O2/c1-3-24-14-13-21(26-22(24)25)17-23(15-19-10-5-4-6-11-19)16-20-12-8-7-9-18(20)2/h4-12,21H,3,13-17H2,1-2H3/t21-/m0/s1. The number of carbonyl (C=O) groups excluding carboxylic acids is 1. The van der Waals surface area contributed by atoms with E-state index < -0.39 is 0 Å². The van der Waals surface area contributed by atoms with Gasteiger partial charge in [-0.1, -0.05) is 54.6 Å². The highest BCUT2D eigenvalue weighted by atomic mass is 16.6. The highest BCUT2D eigenvalue weighted by Gasteiger charge is 2.27. The molecule has 0 aliphatic carbocycles. The fourth-order valence-corrected chi connectivity index (χ4v) is 3.43. The number of rotatable bonds is 7. The topological polar surface area (TPSA) is 32.8 Å². The maximum atomic E-state index is 12.1. The summed E-state index contributed by atoms with van der Waals surface area (Å²) in [5.74, 6) is 0. The second-order valence-corrected chi connectivity index (χ2v) is 6.96. The predicted molar refractivity (Wildman–Crippen MR) is 104 cm³/mol. The van der Waals surface area contributed by atoms with Gasteiger partial charge in [0.2, 0.25) is 0 Å². The van der Waals surface area contributed by atoms with Gasteiger partial charge < -0.3 is 9.64 Å². The van der Waals surface area contributed by atoms with E-state index in [1.165, 1.54) is 16.7 Å². The average molecular weight is 352 g/mol. The monoisotopic (exact) mass is 352 g/mol. The largest absolute Gasteiger partial charge is 0.445 e. The van der Waals surface area contributed by atoms with E-state index in [1.807, 2.05) is 13.0 Å². The van der Waals surface area contributed by atoms with Gasteiger partial charge in [-0.2, -0.15) is 0 Å². The van der Waals surface area contributed by atoms with Crippen molar-refractivity contribution in [2.24, 2.45) is 0 Å². The third-order valence-corrected chi connectivity index (χ3v) is 4.99. The van der Waals surface area contributed by atoms with Gasteiger partial charge in [0.05, 0.1) is 0 Å². The van der Waals surface area contributed by atoms with Gasteiger partial charge in [-0.05, 0) is 30.5 Å². The van der Waals surface area contributed by atoms with Crippen molar-refractivity contribution < 1.29 is 9.53 Å². The Morgan fingerprint density at radius 1 is 1.08 bits per heavy atom. The van der Waals surface area contributed by atoms with Crippen molar-refractivity contribution in [2.75, 3.05) is 19.6 Å². The first-order valence-corrected chi connectivity index (χ1v) is 9.42. The number of benzene rings is 2. The Balaban J connectivity index is 1.70. The minimum Gasteiger partial charge on any atom is -0.445 e. The number of carbonyl (C=O) groups is 1. The van der Waals surface area contributed by atoms with Gasteiger partial charge in [0, 0.05) is 39.1 Å². The molecular weight excluding hydrogens is 324 g/mol. The van der Waals surface area contributed by atoms with Crippen LogP contribution in [-0.2, 0) is 17.8 Å². The molecule has 26 heavy (non-hydrogen) atoms. The van der Waals surface area contributed by atoms with Crippen LogP contribution < -0.4 is 0 Å². The summed E-state index contributed by atoms with van der Waals surface area (Å²) in [5, 5.41) is 0. The van der Waals surface area contributed by atoms with Crippen LogP contribution in [0.4, 0.5) is 4.79 Å². The van der Waals surface area contributed by atoms with Crippen molar-refractivity contribution in [1.82, 2.24) is 9.80 Å². The van der Waals surface area contributed by atoms with Crippen molar-refractivity contribution in [3.05, 3.63) is 71.3 Å². The number of nitrogens with zero attached hydrogens (tertiary/aromatic N) is 2. The zero-order chi connectivity index (χ0) is 18.4. The van der Waals surface area contributed by atoms with Crippen molar-refractivity contribution in [1.29, 1.82) is 0 Å². The fraction of sp³-hybridized carbons (Fsp3) is 0.409. The molecule has 0 spiro atoms. The van der Waals surface area contributed by atoms with E-state index in [0.717, 1.165) is 32.6 Å². The Morgan fingerprint density at radius 3 is 2.50 bits per heavy atom. The van der Waals surface area contributed by atoms with Crippen molar-refractivity contribution in [2.45, 2.75) is 39.5 Å². The maximum absolute atomic E-state index is 12.1. The molecule has 4 nitrogen and oxygen atoms in total. The van der Waals surface area contributed by atoms with Crippen LogP contribution in [0.1, 0.15) is 30.0 Å². The van der Waals surface area contributed by atoms with Crippen LogP contribution in [-0.4, -0.2) is 41.6 Å². The second kappa shape index (κ2) is 8.86. The summed E-state index contributed by atoms with van der Waals surface area (Å²) in [6, 6.07) is 19.0. The van der Waals surface area contributed by atoms with Crippen LogP contribution >= 0.6 is 0 Å². The molecule has 1 aliphatic heterocycles. The molecule has 0 N–H and O–H groups in total. The highest BCUT2D eigenvalue weighted by molar-refractivity contribution is 5.68. The molecule has 0 radical (unpaired) electrons. The van der Waals surface area contributed by atoms with Gasteiger partial charge in [0.15, 0.2) is 0 Å². The highest BCUT2D eigenvalue weighted by Crippen LogP contribution is 2.18. The molecule has 0 bridgehead atoms. The molecule has 1 aliphatic rings. The molecule has 0 saturated carbocycles. The lowest BCUT2D eigenvalue weighted by Crippen LogP contribution is -2.45. The molecule has 1 saturated heterocycles. The maximum Gasteiger partial charge on any atom is 0.410 e. The molecule has 4 heteroatoms. The predicted octanol–water partition coefficient (Wildman–Crippen LogP) is 4.23. The molecule has 2 aromatic carbocycles. The zero-order valence-corrected chi connectivity index (χ0v) is 15.7.